The zero-order valence-electron chi connectivity index (χ0n) is 12.9. The molecule has 0 heterocycles. The molecule has 2 aromatic rings. The van der Waals surface area contributed by atoms with Crippen LogP contribution in [-0.2, 0) is 0 Å². The fourth-order valence-corrected chi connectivity index (χ4v) is 2.01. The van der Waals surface area contributed by atoms with Gasteiger partial charge in [0.05, 0.1) is 13.3 Å². The molecule has 0 atom stereocenters. The average molecular weight is 297 g/mol. The van der Waals surface area contributed by atoms with Crippen molar-refractivity contribution in [2.45, 2.75) is 13.8 Å². The van der Waals surface area contributed by atoms with Gasteiger partial charge in [-0.2, -0.15) is 5.10 Å². The van der Waals surface area contributed by atoms with Crippen LogP contribution in [0.15, 0.2) is 47.6 Å². The highest BCUT2D eigenvalue weighted by Gasteiger charge is 2.05. The Morgan fingerprint density at radius 1 is 1.09 bits per heavy atom. The highest BCUT2D eigenvalue weighted by Crippen LogP contribution is 2.19. The second-order valence-corrected chi connectivity index (χ2v) is 4.86. The third-order valence-corrected chi connectivity index (χ3v) is 3.22. The van der Waals surface area contributed by atoms with Gasteiger partial charge in [0.25, 0.3) is 0 Å². The molecule has 5 nitrogen and oxygen atoms in total. The highest BCUT2D eigenvalue weighted by atomic mass is 16.5. The van der Waals surface area contributed by atoms with Crippen LogP contribution < -0.4 is 15.5 Å². The molecule has 0 spiro atoms. The minimum Gasteiger partial charge on any atom is -0.497 e. The Morgan fingerprint density at radius 3 is 2.32 bits per heavy atom. The van der Waals surface area contributed by atoms with Crippen molar-refractivity contribution in [1.82, 2.24) is 5.43 Å². The molecule has 0 aromatic heterocycles. The normalized spacial score (nSPS) is 10.5. The number of hydrogen-bond acceptors (Lipinski definition) is 3. The number of aryl methyl sites for hydroxylation is 2. The number of benzene rings is 2. The molecule has 0 radical (unpaired) electrons. The largest absolute Gasteiger partial charge is 0.497 e. The molecule has 2 amide bonds. The number of carbonyl (C=O) groups is 1. The van der Waals surface area contributed by atoms with Crippen molar-refractivity contribution >= 4 is 17.9 Å². The number of carbonyl (C=O) groups excluding carboxylic acids is 1. The number of hydrogen-bond donors (Lipinski definition) is 2. The lowest BCUT2D eigenvalue weighted by Crippen LogP contribution is -2.25. The number of urea groups is 1. The maximum Gasteiger partial charge on any atom is 0.339 e. The van der Waals surface area contributed by atoms with E-state index in [2.05, 4.69) is 15.8 Å². The minimum absolute atomic E-state index is 0.373. The van der Waals surface area contributed by atoms with Gasteiger partial charge in [-0.1, -0.05) is 18.2 Å². The Balaban J connectivity index is 1.93. The standard InChI is InChI=1S/C17H19N3O2/c1-12-5-4-6-13(2)16(12)19-17(21)20-18-11-14-7-9-15(22-3)10-8-14/h4-11H,1-3H3,(H2,19,20,21)/b18-11+. The van der Waals surface area contributed by atoms with E-state index in [0.717, 1.165) is 28.1 Å². The number of hydrazone groups is 1. The predicted molar refractivity (Wildman–Crippen MR) is 88.7 cm³/mol. The van der Waals surface area contributed by atoms with E-state index in [4.69, 9.17) is 4.74 Å². The molecule has 0 saturated carbocycles. The Kier molecular flexibility index (Phi) is 5.14. The maximum atomic E-state index is 11.9. The van der Waals surface area contributed by atoms with Crippen molar-refractivity contribution in [2.75, 3.05) is 12.4 Å². The summed E-state index contributed by atoms with van der Waals surface area (Å²) in [5.41, 5.74) is 6.14. The first-order valence-corrected chi connectivity index (χ1v) is 6.90. The van der Waals surface area contributed by atoms with Gasteiger partial charge in [0.1, 0.15) is 5.75 Å². The zero-order chi connectivity index (χ0) is 15.9. The molecule has 0 bridgehead atoms. The van der Waals surface area contributed by atoms with Crippen LogP contribution in [0.5, 0.6) is 5.75 Å². The van der Waals surface area contributed by atoms with E-state index in [1.165, 1.54) is 0 Å². The van der Waals surface area contributed by atoms with E-state index in [0.29, 0.717) is 0 Å². The van der Waals surface area contributed by atoms with Crippen LogP contribution >= 0.6 is 0 Å². The maximum absolute atomic E-state index is 11.9. The van der Waals surface area contributed by atoms with Gasteiger partial charge < -0.3 is 10.1 Å². The van der Waals surface area contributed by atoms with Crippen molar-refractivity contribution in [2.24, 2.45) is 5.10 Å². The Hall–Kier alpha value is -2.82. The van der Waals surface area contributed by atoms with E-state index in [1.54, 1.807) is 13.3 Å². The molecule has 2 aromatic carbocycles. The van der Waals surface area contributed by atoms with E-state index in [1.807, 2.05) is 56.3 Å². The van der Waals surface area contributed by atoms with Crippen LogP contribution in [0.3, 0.4) is 0 Å². The van der Waals surface area contributed by atoms with Crippen LogP contribution in [0.4, 0.5) is 10.5 Å². The van der Waals surface area contributed by atoms with Gasteiger partial charge in [-0.25, -0.2) is 10.2 Å². The Bertz CT molecular complexity index is 659. The predicted octanol–water partition coefficient (Wildman–Crippen LogP) is 3.47. The molecule has 0 aliphatic heterocycles. The molecule has 22 heavy (non-hydrogen) atoms. The third-order valence-electron chi connectivity index (χ3n) is 3.22. The van der Waals surface area contributed by atoms with Crippen LogP contribution in [-0.4, -0.2) is 19.4 Å². The van der Waals surface area contributed by atoms with Gasteiger partial charge in [-0.05, 0) is 54.8 Å². The first kappa shape index (κ1) is 15.6. The molecule has 2 N–H and O–H groups in total. The second kappa shape index (κ2) is 7.26. The summed E-state index contributed by atoms with van der Waals surface area (Å²) < 4.78 is 5.08. The molecular weight excluding hydrogens is 278 g/mol. The molecule has 5 heteroatoms. The second-order valence-electron chi connectivity index (χ2n) is 4.86. The van der Waals surface area contributed by atoms with E-state index in [-0.39, 0.29) is 6.03 Å². The summed E-state index contributed by atoms with van der Waals surface area (Å²) in [5, 5.41) is 6.72. The average Bonchev–Trinajstić information content (AvgIpc) is 2.52. The van der Waals surface area contributed by atoms with Gasteiger partial charge in [-0.3, -0.25) is 0 Å². The van der Waals surface area contributed by atoms with Gasteiger partial charge in [0.15, 0.2) is 0 Å². The summed E-state index contributed by atoms with van der Waals surface area (Å²) in [4.78, 5) is 11.9. The smallest absolute Gasteiger partial charge is 0.339 e. The van der Waals surface area contributed by atoms with Crippen LogP contribution in [0.25, 0.3) is 0 Å². The molecule has 2 rings (SSSR count). The fraction of sp³-hybridized carbons (Fsp3) is 0.176. The summed E-state index contributed by atoms with van der Waals surface area (Å²) in [6, 6.07) is 12.8. The number of nitrogens with zero attached hydrogens (tertiary/aromatic N) is 1. The van der Waals surface area contributed by atoms with Crippen molar-refractivity contribution in [1.29, 1.82) is 0 Å². The monoisotopic (exact) mass is 297 g/mol. The lowest BCUT2D eigenvalue weighted by Gasteiger charge is -2.10. The Morgan fingerprint density at radius 2 is 1.73 bits per heavy atom. The summed E-state index contributed by atoms with van der Waals surface area (Å²) in [5.74, 6) is 0.776. The molecule has 0 saturated heterocycles. The molecule has 0 aliphatic rings. The molecule has 114 valence electrons. The molecule has 0 fully saturated rings. The van der Waals surface area contributed by atoms with Crippen molar-refractivity contribution in [3.63, 3.8) is 0 Å². The van der Waals surface area contributed by atoms with Crippen LogP contribution in [0.1, 0.15) is 16.7 Å². The quantitative estimate of drug-likeness (QED) is 0.670. The first-order chi connectivity index (χ1) is 10.6. The highest BCUT2D eigenvalue weighted by molar-refractivity contribution is 5.91. The molecular formula is C17H19N3O2. The van der Waals surface area contributed by atoms with E-state index >= 15 is 0 Å². The van der Waals surface area contributed by atoms with Gasteiger partial charge >= 0.3 is 6.03 Å². The van der Waals surface area contributed by atoms with Gasteiger partial charge in [-0.15, -0.1) is 0 Å². The Labute approximate surface area is 130 Å². The number of amides is 2. The molecule has 0 unspecified atom stereocenters. The lowest BCUT2D eigenvalue weighted by molar-refractivity contribution is 0.252. The summed E-state index contributed by atoms with van der Waals surface area (Å²) in [6.45, 7) is 3.90. The SMILES string of the molecule is COc1ccc(/C=N/NC(=O)Nc2c(C)cccc2C)cc1. The van der Waals surface area contributed by atoms with Crippen molar-refractivity contribution in [3.8, 4) is 5.75 Å². The topological polar surface area (TPSA) is 62.7 Å². The van der Waals surface area contributed by atoms with E-state index in [9.17, 15) is 4.79 Å². The van der Waals surface area contributed by atoms with Gasteiger partial charge in [0, 0.05) is 5.69 Å². The van der Waals surface area contributed by atoms with E-state index < -0.39 is 0 Å². The van der Waals surface area contributed by atoms with Crippen LogP contribution in [0.2, 0.25) is 0 Å². The van der Waals surface area contributed by atoms with Crippen LogP contribution in [0, 0.1) is 13.8 Å². The van der Waals surface area contributed by atoms with Crippen molar-refractivity contribution in [3.05, 3.63) is 59.2 Å². The minimum atomic E-state index is -0.373. The summed E-state index contributed by atoms with van der Waals surface area (Å²) in [7, 11) is 1.61. The summed E-state index contributed by atoms with van der Waals surface area (Å²) in [6.07, 6.45) is 1.57. The lowest BCUT2D eigenvalue weighted by atomic mass is 10.1. The number of methoxy groups -OCH3 is 1. The number of nitrogens with one attached hydrogen (secondary N) is 2. The van der Waals surface area contributed by atoms with Gasteiger partial charge in [0.2, 0.25) is 0 Å². The summed E-state index contributed by atoms with van der Waals surface area (Å²) >= 11 is 0. The molecule has 0 aliphatic carbocycles. The number of para-hydroxylation sites is 1. The fourth-order valence-electron chi connectivity index (χ4n) is 2.01. The number of rotatable bonds is 4. The van der Waals surface area contributed by atoms with Crippen molar-refractivity contribution < 1.29 is 9.53 Å². The number of anilines is 1. The number of ether oxygens (including phenoxy) is 1. The first-order valence-electron chi connectivity index (χ1n) is 6.90. The zero-order valence-corrected chi connectivity index (χ0v) is 12.9. The third kappa shape index (κ3) is 4.09.